The number of aliphatic hydroxyl groups is 1. The van der Waals surface area contributed by atoms with Crippen LogP contribution in [0.2, 0.25) is 0 Å². The number of benzene rings is 1. The first-order valence-corrected chi connectivity index (χ1v) is 6.28. The summed E-state index contributed by atoms with van der Waals surface area (Å²) in [4.78, 5) is 22.0. The van der Waals surface area contributed by atoms with Crippen LogP contribution >= 0.6 is 0 Å². The first-order valence-electron chi connectivity index (χ1n) is 6.28. The summed E-state index contributed by atoms with van der Waals surface area (Å²) in [6.45, 7) is 1.11. The number of halogens is 2. The Bertz CT molecular complexity index is 789. The molecule has 1 unspecified atom stereocenters. The van der Waals surface area contributed by atoms with Crippen LogP contribution in [0.4, 0.5) is 14.5 Å². The van der Waals surface area contributed by atoms with Crippen molar-refractivity contribution in [2.24, 2.45) is 0 Å². The van der Waals surface area contributed by atoms with Crippen molar-refractivity contribution in [1.82, 2.24) is 4.57 Å². The van der Waals surface area contributed by atoms with E-state index in [0.717, 1.165) is 29.0 Å². The molecule has 22 heavy (non-hydrogen) atoms. The Kier molecular flexibility index (Phi) is 4.32. The summed E-state index contributed by atoms with van der Waals surface area (Å²) >= 11 is 0. The lowest BCUT2D eigenvalue weighted by Gasteiger charge is -2.13. The van der Waals surface area contributed by atoms with Gasteiger partial charge in [-0.1, -0.05) is 6.07 Å². The standard InChI is InChI=1S/C14H12F2N2O4/c1-8-4-14(20)17(6-12(8)18(21)22)7-13(19)9-2-3-10(15)11(16)5-9/h2-6,13,19H,7H2,1H3. The lowest BCUT2D eigenvalue weighted by Crippen LogP contribution is -2.23. The van der Waals surface area contributed by atoms with Crippen molar-refractivity contribution in [2.45, 2.75) is 19.6 Å². The number of hydrogen-bond acceptors (Lipinski definition) is 4. The van der Waals surface area contributed by atoms with Crippen LogP contribution in [0, 0.1) is 28.7 Å². The van der Waals surface area contributed by atoms with Gasteiger partial charge in [0.25, 0.3) is 11.2 Å². The summed E-state index contributed by atoms with van der Waals surface area (Å²) < 4.78 is 26.9. The molecule has 1 aromatic heterocycles. The maximum absolute atomic E-state index is 13.1. The van der Waals surface area contributed by atoms with Gasteiger partial charge in [-0.3, -0.25) is 14.9 Å². The zero-order valence-electron chi connectivity index (χ0n) is 11.5. The highest BCUT2D eigenvalue weighted by Gasteiger charge is 2.17. The van der Waals surface area contributed by atoms with Crippen LogP contribution in [-0.4, -0.2) is 14.6 Å². The molecule has 2 rings (SSSR count). The van der Waals surface area contributed by atoms with Gasteiger partial charge in [0.1, 0.15) is 0 Å². The predicted molar refractivity (Wildman–Crippen MR) is 73.4 cm³/mol. The summed E-state index contributed by atoms with van der Waals surface area (Å²) in [6.07, 6.45) is -0.295. The second kappa shape index (κ2) is 6.02. The zero-order chi connectivity index (χ0) is 16.4. The number of nitro groups is 1. The van der Waals surface area contributed by atoms with Crippen molar-refractivity contribution in [2.75, 3.05) is 0 Å². The first kappa shape index (κ1) is 15.8. The van der Waals surface area contributed by atoms with Gasteiger partial charge in [0.15, 0.2) is 11.6 Å². The van der Waals surface area contributed by atoms with E-state index < -0.39 is 28.2 Å². The van der Waals surface area contributed by atoms with Crippen molar-refractivity contribution >= 4 is 5.69 Å². The Morgan fingerprint density at radius 1 is 1.32 bits per heavy atom. The van der Waals surface area contributed by atoms with Gasteiger partial charge in [0.05, 0.1) is 23.8 Å². The monoisotopic (exact) mass is 310 g/mol. The second-order valence-corrected chi connectivity index (χ2v) is 4.78. The number of hydrogen-bond donors (Lipinski definition) is 1. The highest BCUT2D eigenvalue weighted by atomic mass is 19.2. The molecule has 0 fully saturated rings. The van der Waals surface area contributed by atoms with Crippen LogP contribution in [0.5, 0.6) is 0 Å². The van der Waals surface area contributed by atoms with Crippen molar-refractivity contribution < 1.29 is 18.8 Å². The van der Waals surface area contributed by atoms with Gasteiger partial charge in [-0.25, -0.2) is 8.78 Å². The maximum Gasteiger partial charge on any atom is 0.288 e. The largest absolute Gasteiger partial charge is 0.387 e. The fourth-order valence-electron chi connectivity index (χ4n) is 2.00. The summed E-state index contributed by atoms with van der Waals surface area (Å²) in [5.41, 5.74) is -0.538. The van der Waals surface area contributed by atoms with Crippen LogP contribution in [0.3, 0.4) is 0 Å². The van der Waals surface area contributed by atoms with Gasteiger partial charge in [-0.15, -0.1) is 0 Å². The van der Waals surface area contributed by atoms with E-state index in [2.05, 4.69) is 0 Å². The third-order valence-corrected chi connectivity index (χ3v) is 3.20. The van der Waals surface area contributed by atoms with Crippen LogP contribution in [0.25, 0.3) is 0 Å². The van der Waals surface area contributed by atoms with E-state index in [1.807, 2.05) is 0 Å². The molecule has 0 aliphatic carbocycles. The topological polar surface area (TPSA) is 85.4 Å². The molecule has 0 saturated heterocycles. The fraction of sp³-hybridized carbons (Fsp3) is 0.214. The van der Waals surface area contributed by atoms with E-state index in [9.17, 15) is 28.8 Å². The molecule has 2 aromatic rings. The van der Waals surface area contributed by atoms with Crippen molar-refractivity contribution in [1.29, 1.82) is 0 Å². The van der Waals surface area contributed by atoms with Crippen LogP contribution < -0.4 is 5.56 Å². The summed E-state index contributed by atoms with van der Waals surface area (Å²) in [5, 5.41) is 20.9. The van der Waals surface area contributed by atoms with Gasteiger partial charge < -0.3 is 9.67 Å². The number of aryl methyl sites for hydroxylation is 1. The number of aliphatic hydroxyl groups excluding tert-OH is 1. The fourth-order valence-corrected chi connectivity index (χ4v) is 2.00. The Balaban J connectivity index is 2.33. The van der Waals surface area contributed by atoms with E-state index in [0.29, 0.717) is 0 Å². The van der Waals surface area contributed by atoms with E-state index in [-0.39, 0.29) is 23.4 Å². The average Bonchev–Trinajstić information content (AvgIpc) is 2.44. The minimum absolute atomic E-state index is 0.0639. The lowest BCUT2D eigenvalue weighted by atomic mass is 10.1. The Hall–Kier alpha value is -2.61. The normalized spacial score (nSPS) is 12.2. The van der Waals surface area contributed by atoms with Crippen molar-refractivity contribution in [3.8, 4) is 0 Å². The summed E-state index contributed by atoms with van der Waals surface area (Å²) in [6, 6.07) is 3.93. The molecule has 116 valence electrons. The Morgan fingerprint density at radius 2 is 2.00 bits per heavy atom. The molecule has 8 heteroatoms. The molecular formula is C14H12F2N2O4. The average molecular weight is 310 g/mol. The van der Waals surface area contributed by atoms with E-state index in [1.54, 1.807) is 0 Å². The number of nitrogens with zero attached hydrogens (tertiary/aromatic N) is 2. The lowest BCUT2D eigenvalue weighted by molar-refractivity contribution is -0.386. The molecule has 0 aliphatic rings. The minimum Gasteiger partial charge on any atom is -0.387 e. The molecular weight excluding hydrogens is 298 g/mol. The molecule has 0 radical (unpaired) electrons. The molecule has 0 aliphatic heterocycles. The number of aromatic nitrogens is 1. The SMILES string of the molecule is Cc1cc(=O)n(CC(O)c2ccc(F)c(F)c2)cc1[N+](=O)[O-]. The van der Waals surface area contributed by atoms with Crippen LogP contribution in [0.1, 0.15) is 17.2 Å². The molecule has 1 N–H and O–H groups in total. The van der Waals surface area contributed by atoms with Crippen LogP contribution in [-0.2, 0) is 6.54 Å². The van der Waals surface area contributed by atoms with E-state index in [4.69, 9.17) is 0 Å². The molecule has 0 spiro atoms. The van der Waals surface area contributed by atoms with Gasteiger partial charge in [-0.2, -0.15) is 0 Å². The Morgan fingerprint density at radius 3 is 2.59 bits per heavy atom. The van der Waals surface area contributed by atoms with Gasteiger partial charge in [0.2, 0.25) is 0 Å². The summed E-state index contributed by atoms with van der Waals surface area (Å²) in [7, 11) is 0. The number of pyridine rings is 1. The quantitative estimate of drug-likeness (QED) is 0.692. The van der Waals surface area contributed by atoms with Gasteiger partial charge in [-0.05, 0) is 24.6 Å². The minimum atomic E-state index is -1.31. The molecule has 1 heterocycles. The van der Waals surface area contributed by atoms with E-state index in [1.165, 1.54) is 13.0 Å². The molecule has 6 nitrogen and oxygen atoms in total. The zero-order valence-corrected chi connectivity index (χ0v) is 11.5. The molecule has 1 aromatic carbocycles. The summed E-state index contributed by atoms with van der Waals surface area (Å²) in [5.74, 6) is -2.18. The van der Waals surface area contributed by atoms with E-state index >= 15 is 0 Å². The maximum atomic E-state index is 13.1. The first-order chi connectivity index (χ1) is 10.3. The van der Waals surface area contributed by atoms with Crippen molar-refractivity contribution in [3.05, 3.63) is 73.7 Å². The highest BCUT2D eigenvalue weighted by molar-refractivity contribution is 5.36. The van der Waals surface area contributed by atoms with Crippen molar-refractivity contribution in [3.63, 3.8) is 0 Å². The Labute approximate surface area is 123 Å². The predicted octanol–water partition coefficient (Wildman–Crippen LogP) is 2.08. The smallest absolute Gasteiger partial charge is 0.288 e. The van der Waals surface area contributed by atoms with Gasteiger partial charge >= 0.3 is 0 Å². The third kappa shape index (κ3) is 3.17. The highest BCUT2D eigenvalue weighted by Crippen LogP contribution is 2.19. The second-order valence-electron chi connectivity index (χ2n) is 4.78. The molecule has 0 bridgehead atoms. The third-order valence-electron chi connectivity index (χ3n) is 3.20. The molecule has 0 amide bonds. The van der Waals surface area contributed by atoms with Gasteiger partial charge in [0, 0.05) is 11.6 Å². The molecule has 1 atom stereocenters. The van der Waals surface area contributed by atoms with Crippen LogP contribution in [0.15, 0.2) is 35.3 Å². The number of rotatable bonds is 4. The molecule has 0 saturated carbocycles.